The van der Waals surface area contributed by atoms with Gasteiger partial charge in [-0.15, -0.1) is 11.6 Å². The quantitative estimate of drug-likeness (QED) is 0.807. The molecule has 1 aromatic rings. The number of alkyl halides is 1. The van der Waals surface area contributed by atoms with Gasteiger partial charge in [0.2, 0.25) is 0 Å². The molecule has 1 aromatic heterocycles. The van der Waals surface area contributed by atoms with Gasteiger partial charge < -0.3 is 10.1 Å². The minimum Gasteiger partial charge on any atom is -0.496 e. The Morgan fingerprint density at radius 1 is 1.29 bits per heavy atom. The van der Waals surface area contributed by atoms with Crippen LogP contribution in [0.25, 0.3) is 0 Å². The first-order valence-electron chi connectivity index (χ1n) is 7.87. The van der Waals surface area contributed by atoms with Crippen molar-refractivity contribution in [3.63, 3.8) is 0 Å². The zero-order valence-electron chi connectivity index (χ0n) is 13.5. The molecule has 118 valence electrons. The Kier molecular flexibility index (Phi) is 5.88. The van der Waals surface area contributed by atoms with Crippen LogP contribution in [-0.2, 0) is 6.54 Å². The van der Waals surface area contributed by atoms with Crippen LogP contribution in [0, 0.1) is 19.3 Å². The van der Waals surface area contributed by atoms with E-state index >= 15 is 0 Å². The molecule has 0 amide bonds. The second kappa shape index (κ2) is 7.46. The zero-order valence-corrected chi connectivity index (χ0v) is 14.2. The van der Waals surface area contributed by atoms with Gasteiger partial charge in [0.05, 0.1) is 12.8 Å². The number of aromatic nitrogens is 1. The van der Waals surface area contributed by atoms with Crippen molar-refractivity contribution in [2.75, 3.05) is 19.5 Å². The van der Waals surface area contributed by atoms with E-state index in [1.165, 1.54) is 32.1 Å². The average Bonchev–Trinajstić information content (AvgIpc) is 2.51. The molecule has 0 atom stereocenters. The van der Waals surface area contributed by atoms with Gasteiger partial charge in [-0.25, -0.2) is 0 Å². The summed E-state index contributed by atoms with van der Waals surface area (Å²) in [5.41, 5.74) is 3.57. The van der Waals surface area contributed by atoms with Crippen molar-refractivity contribution < 1.29 is 4.74 Å². The number of pyridine rings is 1. The van der Waals surface area contributed by atoms with Gasteiger partial charge in [-0.3, -0.25) is 4.98 Å². The summed E-state index contributed by atoms with van der Waals surface area (Å²) in [7, 11) is 1.72. The molecular weight excluding hydrogens is 284 g/mol. The van der Waals surface area contributed by atoms with Crippen LogP contribution in [0.5, 0.6) is 5.75 Å². The van der Waals surface area contributed by atoms with Crippen molar-refractivity contribution in [1.29, 1.82) is 0 Å². The molecule has 1 saturated carbocycles. The standard InChI is InChI=1S/C17H27ClN2O/c1-13-9-20-15(14(2)16(13)21-3)10-19-12-17(11-18)7-5-4-6-8-17/h9,19H,4-8,10-12H2,1-3H3. The number of hydrogen-bond donors (Lipinski definition) is 1. The van der Waals surface area contributed by atoms with Gasteiger partial charge in [-0.1, -0.05) is 19.3 Å². The molecule has 0 radical (unpaired) electrons. The molecule has 0 unspecified atom stereocenters. The fraction of sp³-hybridized carbons (Fsp3) is 0.706. The van der Waals surface area contributed by atoms with Gasteiger partial charge in [-0.2, -0.15) is 0 Å². The molecule has 1 fully saturated rings. The van der Waals surface area contributed by atoms with Gasteiger partial charge in [0.15, 0.2) is 0 Å². The van der Waals surface area contributed by atoms with Crippen LogP contribution in [-0.4, -0.2) is 24.5 Å². The maximum absolute atomic E-state index is 6.24. The number of aryl methyl sites for hydroxylation is 1. The zero-order chi connectivity index (χ0) is 15.3. The van der Waals surface area contributed by atoms with Crippen LogP contribution < -0.4 is 10.1 Å². The van der Waals surface area contributed by atoms with E-state index in [2.05, 4.69) is 17.2 Å². The Hall–Kier alpha value is -0.800. The number of nitrogens with zero attached hydrogens (tertiary/aromatic N) is 1. The molecule has 4 heteroatoms. The summed E-state index contributed by atoms with van der Waals surface area (Å²) < 4.78 is 5.46. The minimum absolute atomic E-state index is 0.280. The van der Waals surface area contributed by atoms with Gasteiger partial charge in [-0.05, 0) is 32.1 Å². The van der Waals surface area contributed by atoms with Crippen LogP contribution in [0.4, 0.5) is 0 Å². The summed E-state index contributed by atoms with van der Waals surface area (Å²) in [5.74, 6) is 1.70. The van der Waals surface area contributed by atoms with Crippen molar-refractivity contribution in [3.8, 4) is 5.75 Å². The van der Waals surface area contributed by atoms with Crippen molar-refractivity contribution in [2.24, 2.45) is 5.41 Å². The summed E-state index contributed by atoms with van der Waals surface area (Å²) in [6, 6.07) is 0. The van der Waals surface area contributed by atoms with E-state index in [1.807, 2.05) is 13.1 Å². The summed E-state index contributed by atoms with van der Waals surface area (Å²) >= 11 is 6.24. The largest absolute Gasteiger partial charge is 0.496 e. The molecule has 1 N–H and O–H groups in total. The molecule has 1 aliphatic carbocycles. The maximum Gasteiger partial charge on any atom is 0.128 e. The summed E-state index contributed by atoms with van der Waals surface area (Å²) in [6.07, 6.45) is 8.35. The number of rotatable bonds is 6. The van der Waals surface area contributed by atoms with E-state index < -0.39 is 0 Å². The Morgan fingerprint density at radius 2 is 2.00 bits per heavy atom. The van der Waals surface area contributed by atoms with Crippen LogP contribution in [0.3, 0.4) is 0 Å². The number of halogens is 1. The highest BCUT2D eigenvalue weighted by atomic mass is 35.5. The van der Waals surface area contributed by atoms with Crippen LogP contribution in [0.2, 0.25) is 0 Å². The van der Waals surface area contributed by atoms with E-state index in [4.69, 9.17) is 16.3 Å². The summed E-state index contributed by atoms with van der Waals surface area (Å²) in [4.78, 5) is 4.54. The molecule has 1 heterocycles. The van der Waals surface area contributed by atoms with Gasteiger partial charge >= 0.3 is 0 Å². The lowest BCUT2D eigenvalue weighted by molar-refractivity contribution is 0.211. The molecule has 0 saturated heterocycles. The third-order valence-corrected chi connectivity index (χ3v) is 5.31. The Morgan fingerprint density at radius 3 is 2.62 bits per heavy atom. The van der Waals surface area contributed by atoms with Gasteiger partial charge in [0.1, 0.15) is 5.75 Å². The van der Waals surface area contributed by atoms with Crippen LogP contribution in [0.15, 0.2) is 6.20 Å². The predicted octanol–water partition coefficient (Wildman–Crippen LogP) is 3.99. The van der Waals surface area contributed by atoms with E-state index in [9.17, 15) is 0 Å². The Bertz CT molecular complexity index is 470. The summed E-state index contributed by atoms with van der Waals surface area (Å²) in [5, 5.41) is 3.57. The first-order valence-corrected chi connectivity index (χ1v) is 8.41. The van der Waals surface area contributed by atoms with Crippen LogP contribution in [0.1, 0.15) is 48.9 Å². The van der Waals surface area contributed by atoms with Gasteiger partial charge in [0, 0.05) is 36.3 Å². The molecule has 0 spiro atoms. The molecule has 1 aliphatic rings. The molecular formula is C17H27ClN2O. The molecule has 0 aromatic carbocycles. The first kappa shape index (κ1) is 16.6. The highest BCUT2D eigenvalue weighted by Gasteiger charge is 2.30. The van der Waals surface area contributed by atoms with Crippen molar-refractivity contribution in [3.05, 3.63) is 23.0 Å². The average molecular weight is 311 g/mol. The number of methoxy groups -OCH3 is 1. The molecule has 3 nitrogen and oxygen atoms in total. The highest BCUT2D eigenvalue weighted by Crippen LogP contribution is 2.36. The molecule has 2 rings (SSSR count). The minimum atomic E-state index is 0.280. The smallest absolute Gasteiger partial charge is 0.128 e. The maximum atomic E-state index is 6.24. The monoisotopic (exact) mass is 310 g/mol. The highest BCUT2D eigenvalue weighted by molar-refractivity contribution is 6.18. The first-order chi connectivity index (χ1) is 10.1. The molecule has 21 heavy (non-hydrogen) atoms. The number of ether oxygens (including phenoxy) is 1. The summed E-state index contributed by atoms with van der Waals surface area (Å²) in [6.45, 7) is 5.86. The lowest BCUT2D eigenvalue weighted by atomic mass is 9.75. The van der Waals surface area contributed by atoms with Gasteiger partial charge in [0.25, 0.3) is 0 Å². The lowest BCUT2D eigenvalue weighted by Crippen LogP contribution is -2.37. The third kappa shape index (κ3) is 3.89. The SMILES string of the molecule is COc1c(C)cnc(CNCC2(CCl)CCCCC2)c1C. The van der Waals surface area contributed by atoms with Crippen LogP contribution >= 0.6 is 11.6 Å². The molecule has 0 bridgehead atoms. The topological polar surface area (TPSA) is 34.1 Å². The van der Waals surface area contributed by atoms with E-state index in [0.717, 1.165) is 41.5 Å². The van der Waals surface area contributed by atoms with E-state index in [0.29, 0.717) is 0 Å². The fourth-order valence-corrected chi connectivity index (χ4v) is 3.72. The van der Waals surface area contributed by atoms with E-state index in [-0.39, 0.29) is 5.41 Å². The Balaban J connectivity index is 1.97. The normalized spacial score (nSPS) is 17.7. The fourth-order valence-electron chi connectivity index (χ4n) is 3.35. The molecule has 0 aliphatic heterocycles. The number of hydrogen-bond acceptors (Lipinski definition) is 3. The van der Waals surface area contributed by atoms with Crippen molar-refractivity contribution in [1.82, 2.24) is 10.3 Å². The van der Waals surface area contributed by atoms with Crippen molar-refractivity contribution in [2.45, 2.75) is 52.5 Å². The second-order valence-corrected chi connectivity index (χ2v) is 6.61. The lowest BCUT2D eigenvalue weighted by Gasteiger charge is -2.35. The van der Waals surface area contributed by atoms with Crippen molar-refractivity contribution >= 4 is 11.6 Å². The second-order valence-electron chi connectivity index (χ2n) is 6.34. The number of nitrogens with one attached hydrogen (secondary N) is 1. The predicted molar refractivity (Wildman–Crippen MR) is 88.2 cm³/mol. The van der Waals surface area contributed by atoms with E-state index in [1.54, 1.807) is 7.11 Å². The third-order valence-electron chi connectivity index (χ3n) is 4.74. The Labute approximate surface area is 133 Å².